The second kappa shape index (κ2) is 4.81. The van der Waals surface area contributed by atoms with Gasteiger partial charge in [-0.25, -0.2) is 0 Å². The molecule has 1 aliphatic rings. The molecule has 0 spiro atoms. The molecule has 2 aromatic carbocycles. The zero-order chi connectivity index (χ0) is 14.0. The molecule has 1 unspecified atom stereocenters. The molecule has 2 aromatic rings. The van der Waals surface area contributed by atoms with Crippen molar-refractivity contribution >= 4 is 11.8 Å². The van der Waals surface area contributed by atoms with Crippen molar-refractivity contribution in [3.63, 3.8) is 0 Å². The molecule has 0 radical (unpaired) electrons. The fourth-order valence-electron chi connectivity index (χ4n) is 2.35. The first-order chi connectivity index (χ1) is 9.71. The minimum atomic E-state index is -1.28. The highest BCUT2D eigenvalue weighted by Crippen LogP contribution is 2.35. The Labute approximate surface area is 116 Å². The number of carbonyl (C=O) groups excluding carboxylic acids is 2. The third-order valence-corrected chi connectivity index (χ3v) is 3.30. The van der Waals surface area contributed by atoms with E-state index in [2.05, 4.69) is 5.32 Å². The molecule has 2 amide bonds. The molecule has 4 heteroatoms. The highest BCUT2D eigenvalue weighted by molar-refractivity contribution is 6.08. The number of hydrogen-bond donors (Lipinski definition) is 1. The normalized spacial score (nSPS) is 21.6. The first-order valence-electron chi connectivity index (χ1n) is 6.34. The van der Waals surface area contributed by atoms with Gasteiger partial charge in [0, 0.05) is 5.56 Å². The van der Waals surface area contributed by atoms with E-state index in [0.717, 1.165) is 0 Å². The maximum Gasteiger partial charge on any atom is 0.276 e. The van der Waals surface area contributed by atoms with Crippen LogP contribution in [0, 0.1) is 0 Å². The van der Waals surface area contributed by atoms with Crippen molar-refractivity contribution in [2.45, 2.75) is 12.0 Å². The molecule has 20 heavy (non-hydrogen) atoms. The van der Waals surface area contributed by atoms with E-state index in [1.165, 1.54) is 0 Å². The number of imide groups is 1. The molecule has 4 nitrogen and oxygen atoms in total. The monoisotopic (exact) mass is 267 g/mol. The Bertz CT molecular complexity index is 639. The summed E-state index contributed by atoms with van der Waals surface area (Å²) in [5, 5.41) is 2.32. The van der Waals surface area contributed by atoms with Gasteiger partial charge in [-0.05, 0) is 12.1 Å². The molecule has 1 fully saturated rings. The standard InChI is InChI=1S/C16H13NO3/c18-14-11-16(15(19)17-14,12-7-3-1-4-8-12)20-13-9-5-2-6-10-13/h1-10H,11H2,(H,17,18,19). The number of ether oxygens (including phenoxy) is 1. The maximum absolute atomic E-state index is 12.3. The Morgan fingerprint density at radius 3 is 2.05 bits per heavy atom. The summed E-state index contributed by atoms with van der Waals surface area (Å²) < 4.78 is 5.90. The highest BCUT2D eigenvalue weighted by Gasteiger charge is 2.50. The molecule has 1 saturated heterocycles. The molecular weight excluding hydrogens is 254 g/mol. The van der Waals surface area contributed by atoms with Crippen molar-refractivity contribution in [3.8, 4) is 5.75 Å². The molecule has 0 aliphatic carbocycles. The molecule has 100 valence electrons. The Balaban J connectivity index is 2.05. The van der Waals surface area contributed by atoms with Gasteiger partial charge in [-0.3, -0.25) is 14.9 Å². The van der Waals surface area contributed by atoms with Crippen molar-refractivity contribution in [2.24, 2.45) is 0 Å². The maximum atomic E-state index is 12.3. The summed E-state index contributed by atoms with van der Waals surface area (Å²) >= 11 is 0. The SMILES string of the molecule is O=C1CC(Oc2ccccc2)(c2ccccc2)C(=O)N1. The van der Waals surface area contributed by atoms with Gasteiger partial charge >= 0.3 is 0 Å². The Morgan fingerprint density at radius 1 is 0.900 bits per heavy atom. The molecule has 1 atom stereocenters. The van der Waals surface area contributed by atoms with Crippen LogP contribution >= 0.6 is 0 Å². The fourth-order valence-corrected chi connectivity index (χ4v) is 2.35. The van der Waals surface area contributed by atoms with E-state index in [-0.39, 0.29) is 12.3 Å². The molecule has 1 heterocycles. The predicted octanol–water partition coefficient (Wildman–Crippen LogP) is 2.01. The van der Waals surface area contributed by atoms with Crippen molar-refractivity contribution in [3.05, 3.63) is 66.2 Å². The van der Waals surface area contributed by atoms with Gasteiger partial charge in [-0.15, -0.1) is 0 Å². The van der Waals surface area contributed by atoms with Crippen LogP contribution in [0.15, 0.2) is 60.7 Å². The minimum absolute atomic E-state index is 0.00919. The molecule has 1 N–H and O–H groups in total. The van der Waals surface area contributed by atoms with Gasteiger partial charge in [-0.1, -0.05) is 48.5 Å². The average Bonchev–Trinajstić information content (AvgIpc) is 2.76. The smallest absolute Gasteiger partial charge is 0.276 e. The molecule has 1 aliphatic heterocycles. The Kier molecular flexibility index (Phi) is 2.99. The average molecular weight is 267 g/mol. The van der Waals surface area contributed by atoms with Crippen molar-refractivity contribution in [1.29, 1.82) is 0 Å². The largest absolute Gasteiger partial charge is 0.472 e. The molecule has 0 saturated carbocycles. The number of hydrogen-bond acceptors (Lipinski definition) is 3. The van der Waals surface area contributed by atoms with Crippen LogP contribution in [0.1, 0.15) is 12.0 Å². The van der Waals surface area contributed by atoms with Gasteiger partial charge in [0.15, 0.2) is 0 Å². The van der Waals surface area contributed by atoms with Crippen molar-refractivity contribution < 1.29 is 14.3 Å². The number of carbonyl (C=O) groups is 2. The van der Waals surface area contributed by atoms with E-state index in [1.54, 1.807) is 24.3 Å². The summed E-state index contributed by atoms with van der Waals surface area (Å²) in [6, 6.07) is 18.1. The van der Waals surface area contributed by atoms with E-state index in [0.29, 0.717) is 11.3 Å². The van der Waals surface area contributed by atoms with E-state index in [9.17, 15) is 9.59 Å². The third kappa shape index (κ3) is 2.05. The summed E-state index contributed by atoms with van der Waals surface area (Å²) in [7, 11) is 0. The van der Waals surface area contributed by atoms with Crippen LogP contribution in [-0.2, 0) is 15.2 Å². The third-order valence-electron chi connectivity index (χ3n) is 3.30. The van der Waals surface area contributed by atoms with Gasteiger partial charge in [0.25, 0.3) is 5.91 Å². The quantitative estimate of drug-likeness (QED) is 0.865. The van der Waals surface area contributed by atoms with Crippen LogP contribution in [-0.4, -0.2) is 11.8 Å². The van der Waals surface area contributed by atoms with Crippen LogP contribution in [0.25, 0.3) is 0 Å². The van der Waals surface area contributed by atoms with Gasteiger partial charge in [-0.2, -0.15) is 0 Å². The Morgan fingerprint density at radius 2 is 1.50 bits per heavy atom. The summed E-state index contributed by atoms with van der Waals surface area (Å²) in [6.45, 7) is 0. The number of amides is 2. The first kappa shape index (κ1) is 12.4. The zero-order valence-corrected chi connectivity index (χ0v) is 10.7. The zero-order valence-electron chi connectivity index (χ0n) is 10.7. The lowest BCUT2D eigenvalue weighted by atomic mass is 9.91. The van der Waals surface area contributed by atoms with E-state index >= 15 is 0 Å². The lowest BCUT2D eigenvalue weighted by Crippen LogP contribution is -2.41. The van der Waals surface area contributed by atoms with E-state index in [1.807, 2.05) is 36.4 Å². The summed E-state index contributed by atoms with van der Waals surface area (Å²) in [4.78, 5) is 23.9. The van der Waals surface area contributed by atoms with E-state index < -0.39 is 11.5 Å². The lowest BCUT2D eigenvalue weighted by Gasteiger charge is -2.27. The number of benzene rings is 2. The summed E-state index contributed by atoms with van der Waals surface area (Å²) in [6.07, 6.45) is -0.00919. The van der Waals surface area contributed by atoms with Crippen LogP contribution in [0.2, 0.25) is 0 Å². The second-order valence-corrected chi connectivity index (χ2v) is 4.66. The van der Waals surface area contributed by atoms with Gasteiger partial charge in [0.2, 0.25) is 11.5 Å². The number of rotatable bonds is 3. The molecular formula is C16H13NO3. The van der Waals surface area contributed by atoms with Crippen LogP contribution < -0.4 is 10.1 Å². The predicted molar refractivity (Wildman–Crippen MR) is 73.0 cm³/mol. The van der Waals surface area contributed by atoms with Crippen molar-refractivity contribution in [1.82, 2.24) is 5.32 Å². The van der Waals surface area contributed by atoms with Gasteiger partial charge < -0.3 is 4.74 Å². The number of para-hydroxylation sites is 1. The molecule has 0 aromatic heterocycles. The second-order valence-electron chi connectivity index (χ2n) is 4.66. The molecule has 3 rings (SSSR count). The summed E-state index contributed by atoms with van der Waals surface area (Å²) in [5.74, 6) is -0.187. The van der Waals surface area contributed by atoms with Crippen LogP contribution in [0.4, 0.5) is 0 Å². The summed E-state index contributed by atoms with van der Waals surface area (Å²) in [5.41, 5.74) is -0.605. The highest BCUT2D eigenvalue weighted by atomic mass is 16.5. The minimum Gasteiger partial charge on any atom is -0.472 e. The van der Waals surface area contributed by atoms with Crippen molar-refractivity contribution in [2.75, 3.05) is 0 Å². The Hall–Kier alpha value is -2.62. The van der Waals surface area contributed by atoms with E-state index in [4.69, 9.17) is 4.74 Å². The number of nitrogens with one attached hydrogen (secondary N) is 1. The fraction of sp³-hybridized carbons (Fsp3) is 0.125. The van der Waals surface area contributed by atoms with Crippen LogP contribution in [0.3, 0.4) is 0 Å². The first-order valence-corrected chi connectivity index (χ1v) is 6.34. The topological polar surface area (TPSA) is 55.4 Å². The van der Waals surface area contributed by atoms with Crippen LogP contribution in [0.5, 0.6) is 5.75 Å². The molecule has 0 bridgehead atoms. The van der Waals surface area contributed by atoms with Gasteiger partial charge in [0.1, 0.15) is 5.75 Å². The lowest BCUT2D eigenvalue weighted by molar-refractivity contribution is -0.133. The van der Waals surface area contributed by atoms with Gasteiger partial charge in [0.05, 0.1) is 6.42 Å².